The molecule has 1 saturated heterocycles. The lowest BCUT2D eigenvalue weighted by atomic mass is 10.1. The minimum absolute atomic E-state index is 0.0654. The van der Waals surface area contributed by atoms with Gasteiger partial charge in [-0.3, -0.25) is 9.52 Å². The fourth-order valence-electron chi connectivity index (χ4n) is 2.78. The third-order valence-corrected chi connectivity index (χ3v) is 5.73. The van der Waals surface area contributed by atoms with Gasteiger partial charge in [0.2, 0.25) is 0 Å². The third-order valence-electron chi connectivity index (χ3n) is 4.35. The molecule has 3 rings (SSSR count). The molecule has 0 spiro atoms. The van der Waals surface area contributed by atoms with Crippen LogP contribution in [0.25, 0.3) is 0 Å². The van der Waals surface area contributed by atoms with E-state index >= 15 is 0 Å². The molecule has 0 bridgehead atoms. The molecule has 0 aromatic heterocycles. The normalized spacial score (nSPS) is 14.9. The predicted octanol–water partition coefficient (Wildman–Crippen LogP) is 2.58. The van der Waals surface area contributed by atoms with Crippen molar-refractivity contribution in [3.05, 3.63) is 59.2 Å². The maximum absolute atomic E-state index is 12.5. The second-order valence-electron chi connectivity index (χ2n) is 6.35. The number of aryl methyl sites for hydroxylation is 2. The van der Waals surface area contributed by atoms with Crippen LogP contribution in [0.1, 0.15) is 21.5 Å². The number of nitrogens with zero attached hydrogens (tertiary/aromatic N) is 1. The lowest BCUT2D eigenvalue weighted by Gasteiger charge is -2.27. The molecule has 6 nitrogen and oxygen atoms in total. The first-order chi connectivity index (χ1) is 12.4. The first-order valence-corrected chi connectivity index (χ1v) is 9.92. The number of rotatable bonds is 4. The van der Waals surface area contributed by atoms with Gasteiger partial charge in [0.25, 0.3) is 15.9 Å². The Hall–Kier alpha value is -2.38. The van der Waals surface area contributed by atoms with Gasteiger partial charge < -0.3 is 9.64 Å². The zero-order valence-electron chi connectivity index (χ0n) is 14.9. The van der Waals surface area contributed by atoms with Crippen molar-refractivity contribution in [2.75, 3.05) is 31.0 Å². The number of hydrogen-bond donors (Lipinski definition) is 1. The van der Waals surface area contributed by atoms with Crippen LogP contribution in [0.5, 0.6) is 0 Å². The molecular weight excluding hydrogens is 352 g/mol. The van der Waals surface area contributed by atoms with E-state index in [9.17, 15) is 13.2 Å². The first kappa shape index (κ1) is 18.4. The van der Waals surface area contributed by atoms with E-state index in [0.29, 0.717) is 43.1 Å². The Kier molecular flexibility index (Phi) is 5.29. The first-order valence-electron chi connectivity index (χ1n) is 8.44. The van der Waals surface area contributed by atoms with E-state index in [4.69, 9.17) is 4.74 Å². The second-order valence-corrected chi connectivity index (χ2v) is 8.04. The average molecular weight is 374 g/mol. The minimum atomic E-state index is -3.67. The van der Waals surface area contributed by atoms with E-state index in [1.807, 2.05) is 6.92 Å². The predicted molar refractivity (Wildman–Crippen MR) is 99.9 cm³/mol. The highest BCUT2D eigenvalue weighted by molar-refractivity contribution is 7.92. The number of benzene rings is 2. The van der Waals surface area contributed by atoms with Gasteiger partial charge in [-0.1, -0.05) is 17.7 Å². The summed E-state index contributed by atoms with van der Waals surface area (Å²) in [5.41, 5.74) is 2.69. The summed E-state index contributed by atoms with van der Waals surface area (Å²) in [6, 6.07) is 11.7. The summed E-state index contributed by atoms with van der Waals surface area (Å²) in [4.78, 5) is 14.5. The zero-order valence-corrected chi connectivity index (χ0v) is 15.7. The summed E-state index contributed by atoms with van der Waals surface area (Å²) in [5.74, 6) is -0.0654. The lowest BCUT2D eigenvalue weighted by molar-refractivity contribution is 0.0303. The highest BCUT2D eigenvalue weighted by Crippen LogP contribution is 2.22. The molecule has 0 unspecified atom stereocenters. The smallest absolute Gasteiger partial charge is 0.261 e. The van der Waals surface area contributed by atoms with Crippen molar-refractivity contribution in [2.24, 2.45) is 0 Å². The van der Waals surface area contributed by atoms with Crippen LogP contribution in [0.15, 0.2) is 47.4 Å². The molecule has 7 heteroatoms. The van der Waals surface area contributed by atoms with Gasteiger partial charge in [-0.15, -0.1) is 0 Å². The highest BCUT2D eigenvalue weighted by Gasteiger charge is 2.20. The number of anilines is 1. The Morgan fingerprint density at radius 1 is 1.04 bits per heavy atom. The summed E-state index contributed by atoms with van der Waals surface area (Å²) >= 11 is 0. The molecule has 1 aliphatic rings. The van der Waals surface area contributed by atoms with Crippen LogP contribution >= 0.6 is 0 Å². The van der Waals surface area contributed by atoms with Crippen molar-refractivity contribution in [3.8, 4) is 0 Å². The van der Waals surface area contributed by atoms with Crippen molar-refractivity contribution < 1.29 is 17.9 Å². The van der Waals surface area contributed by atoms with E-state index in [0.717, 1.165) is 5.56 Å². The van der Waals surface area contributed by atoms with Crippen molar-refractivity contribution in [1.82, 2.24) is 4.90 Å². The Morgan fingerprint density at radius 3 is 2.31 bits per heavy atom. The molecule has 0 saturated carbocycles. The molecule has 1 aliphatic heterocycles. The molecule has 1 N–H and O–H groups in total. The van der Waals surface area contributed by atoms with Crippen LogP contribution in [0.2, 0.25) is 0 Å². The fourth-order valence-corrected chi connectivity index (χ4v) is 3.91. The summed E-state index contributed by atoms with van der Waals surface area (Å²) in [5, 5.41) is 0. The molecular formula is C19H22N2O4S. The van der Waals surface area contributed by atoms with E-state index in [-0.39, 0.29) is 10.8 Å². The fraction of sp³-hybridized carbons (Fsp3) is 0.316. The molecule has 1 heterocycles. The third kappa shape index (κ3) is 4.05. The van der Waals surface area contributed by atoms with Gasteiger partial charge in [0.05, 0.1) is 23.8 Å². The van der Waals surface area contributed by atoms with Crippen molar-refractivity contribution in [3.63, 3.8) is 0 Å². The SMILES string of the molecule is Cc1ccc(S(=O)(=O)Nc2ccc(C(=O)N3CCOCC3)cc2C)cc1. The van der Waals surface area contributed by atoms with Crippen LogP contribution < -0.4 is 4.72 Å². The van der Waals surface area contributed by atoms with Crippen molar-refractivity contribution >= 4 is 21.6 Å². The Balaban J connectivity index is 1.79. The van der Waals surface area contributed by atoms with Gasteiger partial charge in [-0.25, -0.2) is 8.42 Å². The standard InChI is InChI=1S/C19H22N2O4S/c1-14-3-6-17(7-4-14)26(23,24)20-18-8-5-16(13-15(18)2)19(22)21-9-11-25-12-10-21/h3-8,13,20H,9-12H2,1-2H3. The van der Waals surface area contributed by atoms with Gasteiger partial charge in [0, 0.05) is 18.7 Å². The molecule has 2 aromatic rings. The number of carbonyl (C=O) groups is 1. The van der Waals surface area contributed by atoms with Crippen LogP contribution in [0.4, 0.5) is 5.69 Å². The molecule has 1 amide bonds. The lowest BCUT2D eigenvalue weighted by Crippen LogP contribution is -2.40. The van der Waals surface area contributed by atoms with Crippen molar-refractivity contribution in [1.29, 1.82) is 0 Å². The zero-order chi connectivity index (χ0) is 18.7. The molecule has 0 atom stereocenters. The number of sulfonamides is 1. The van der Waals surface area contributed by atoms with Gasteiger partial charge >= 0.3 is 0 Å². The quantitative estimate of drug-likeness (QED) is 0.892. The van der Waals surface area contributed by atoms with Crippen LogP contribution in [0.3, 0.4) is 0 Å². The van der Waals surface area contributed by atoms with Crippen LogP contribution in [0, 0.1) is 13.8 Å². The van der Waals surface area contributed by atoms with Gasteiger partial charge in [0.15, 0.2) is 0 Å². The monoisotopic (exact) mass is 374 g/mol. The topological polar surface area (TPSA) is 75.7 Å². The van der Waals surface area contributed by atoms with Crippen LogP contribution in [-0.4, -0.2) is 45.5 Å². The summed E-state index contributed by atoms with van der Waals surface area (Å²) in [6.07, 6.45) is 0. The number of morpholine rings is 1. The molecule has 2 aromatic carbocycles. The maximum Gasteiger partial charge on any atom is 0.261 e. The van der Waals surface area contributed by atoms with Gasteiger partial charge in [-0.2, -0.15) is 0 Å². The van der Waals surface area contributed by atoms with Gasteiger partial charge in [-0.05, 0) is 49.7 Å². The largest absolute Gasteiger partial charge is 0.378 e. The summed E-state index contributed by atoms with van der Waals surface area (Å²) in [7, 11) is -3.67. The highest BCUT2D eigenvalue weighted by atomic mass is 32.2. The molecule has 0 radical (unpaired) electrons. The molecule has 26 heavy (non-hydrogen) atoms. The summed E-state index contributed by atoms with van der Waals surface area (Å²) < 4.78 is 32.9. The molecule has 1 fully saturated rings. The maximum atomic E-state index is 12.5. The Morgan fingerprint density at radius 2 is 1.69 bits per heavy atom. The molecule has 138 valence electrons. The van der Waals surface area contributed by atoms with Crippen LogP contribution in [-0.2, 0) is 14.8 Å². The van der Waals surface area contributed by atoms with Gasteiger partial charge in [0.1, 0.15) is 0 Å². The molecule has 0 aliphatic carbocycles. The van der Waals surface area contributed by atoms with Crippen molar-refractivity contribution in [2.45, 2.75) is 18.7 Å². The second kappa shape index (κ2) is 7.47. The number of carbonyl (C=O) groups excluding carboxylic acids is 1. The minimum Gasteiger partial charge on any atom is -0.378 e. The number of ether oxygens (including phenoxy) is 1. The van der Waals surface area contributed by atoms with E-state index in [1.54, 1.807) is 54.3 Å². The van der Waals surface area contributed by atoms with E-state index in [1.165, 1.54) is 0 Å². The Bertz CT molecular complexity index is 902. The average Bonchev–Trinajstić information content (AvgIpc) is 2.64. The number of amides is 1. The summed E-state index contributed by atoms with van der Waals surface area (Å²) in [6.45, 7) is 5.90. The number of hydrogen-bond acceptors (Lipinski definition) is 4. The van der Waals surface area contributed by atoms with E-state index in [2.05, 4.69) is 4.72 Å². The Labute approximate surface area is 153 Å². The number of nitrogens with one attached hydrogen (secondary N) is 1. The van der Waals surface area contributed by atoms with E-state index < -0.39 is 10.0 Å².